The first-order chi connectivity index (χ1) is 10.3. The summed E-state index contributed by atoms with van der Waals surface area (Å²) < 4.78 is 0. The summed E-state index contributed by atoms with van der Waals surface area (Å²) >= 11 is 0. The fourth-order valence-corrected chi connectivity index (χ4v) is 2.55. The fraction of sp³-hybridized carbons (Fsp3) is 0.842. The molecule has 124 valence electrons. The average molecular weight is 296 g/mol. The van der Waals surface area contributed by atoms with Crippen molar-refractivity contribution in [2.45, 2.75) is 103 Å². The number of carbonyl (C=O) groups is 1. The molecule has 0 aromatic heterocycles. The largest absolute Gasteiger partial charge is 0.370 e. The maximum Gasteiger partial charge on any atom is 0.217 e. The lowest BCUT2D eigenvalue weighted by molar-refractivity contribution is -0.118. The number of nitrogens with two attached hydrogens (primary N) is 1. The Hall–Kier alpha value is -0.790. The smallest absolute Gasteiger partial charge is 0.217 e. The summed E-state index contributed by atoms with van der Waals surface area (Å²) in [6.45, 7) is 2.27. The average Bonchev–Trinajstić information content (AvgIpc) is 2.46. The summed E-state index contributed by atoms with van der Waals surface area (Å²) in [4.78, 5) is 10.6. The van der Waals surface area contributed by atoms with Crippen LogP contribution in [0.15, 0.2) is 12.2 Å². The van der Waals surface area contributed by atoms with Crippen molar-refractivity contribution in [2.75, 3.05) is 0 Å². The molecule has 21 heavy (non-hydrogen) atoms. The zero-order valence-electron chi connectivity index (χ0n) is 14.2. The molecule has 2 N–H and O–H groups in total. The molecule has 0 aliphatic rings. The minimum absolute atomic E-state index is 0.177. The third-order valence-electron chi connectivity index (χ3n) is 3.93. The van der Waals surface area contributed by atoms with Crippen molar-refractivity contribution in [2.24, 2.45) is 5.73 Å². The standard InChI is InChI=1S/C19H37NO/c1-2-3-4-5-6-7-8-9-10-11-12-13-14-15-16-17-18-19(20)21/h13-14H,2-12,15-18H2,1H3,(H2,20,21). The van der Waals surface area contributed by atoms with E-state index in [0.717, 1.165) is 19.3 Å². The monoisotopic (exact) mass is 295 g/mol. The van der Waals surface area contributed by atoms with Crippen molar-refractivity contribution in [1.29, 1.82) is 0 Å². The van der Waals surface area contributed by atoms with Crippen LogP contribution in [0.3, 0.4) is 0 Å². The molecule has 0 aliphatic carbocycles. The van der Waals surface area contributed by atoms with Crippen LogP contribution in [0.5, 0.6) is 0 Å². The number of primary amides is 1. The van der Waals surface area contributed by atoms with Crippen molar-refractivity contribution in [3.8, 4) is 0 Å². The van der Waals surface area contributed by atoms with E-state index in [1.165, 1.54) is 70.6 Å². The predicted octanol–water partition coefficient (Wildman–Crippen LogP) is 5.90. The van der Waals surface area contributed by atoms with Crippen molar-refractivity contribution in [3.63, 3.8) is 0 Å². The molecule has 1 amide bonds. The number of amides is 1. The van der Waals surface area contributed by atoms with Crippen LogP contribution in [-0.4, -0.2) is 5.91 Å². The van der Waals surface area contributed by atoms with Crippen LogP contribution < -0.4 is 5.73 Å². The summed E-state index contributed by atoms with van der Waals surface area (Å²) in [5.41, 5.74) is 5.10. The van der Waals surface area contributed by atoms with Crippen LogP contribution in [0.2, 0.25) is 0 Å². The van der Waals surface area contributed by atoms with Crippen molar-refractivity contribution >= 4 is 5.91 Å². The van der Waals surface area contributed by atoms with E-state index in [1.54, 1.807) is 0 Å². The van der Waals surface area contributed by atoms with Gasteiger partial charge in [-0.05, 0) is 32.1 Å². The summed E-state index contributed by atoms with van der Waals surface area (Å²) in [5.74, 6) is -0.177. The number of rotatable bonds is 16. The zero-order valence-corrected chi connectivity index (χ0v) is 14.2. The summed E-state index contributed by atoms with van der Waals surface area (Å²) in [6, 6.07) is 0. The summed E-state index contributed by atoms with van der Waals surface area (Å²) in [5, 5.41) is 0. The lowest BCUT2D eigenvalue weighted by Gasteiger charge is -2.01. The van der Waals surface area contributed by atoms with Gasteiger partial charge in [0.05, 0.1) is 0 Å². The van der Waals surface area contributed by atoms with Gasteiger partial charge in [0, 0.05) is 6.42 Å². The molecule has 0 saturated heterocycles. The van der Waals surface area contributed by atoms with Crippen molar-refractivity contribution < 1.29 is 4.79 Å². The number of allylic oxidation sites excluding steroid dienone is 2. The van der Waals surface area contributed by atoms with E-state index < -0.39 is 0 Å². The summed E-state index contributed by atoms with van der Waals surface area (Å²) in [6.07, 6.45) is 23.4. The Morgan fingerprint density at radius 1 is 0.714 bits per heavy atom. The lowest BCUT2D eigenvalue weighted by atomic mass is 10.1. The highest BCUT2D eigenvalue weighted by Gasteiger charge is 1.93. The molecule has 0 fully saturated rings. The van der Waals surface area contributed by atoms with Crippen LogP contribution in [0.4, 0.5) is 0 Å². The Kier molecular flexibility index (Phi) is 16.6. The highest BCUT2D eigenvalue weighted by molar-refractivity contribution is 5.73. The van der Waals surface area contributed by atoms with Gasteiger partial charge in [0.2, 0.25) is 5.91 Å². The van der Waals surface area contributed by atoms with Gasteiger partial charge in [-0.25, -0.2) is 0 Å². The van der Waals surface area contributed by atoms with Gasteiger partial charge < -0.3 is 5.73 Å². The molecule has 0 saturated carbocycles. The number of carbonyl (C=O) groups excluding carboxylic acids is 1. The first-order valence-electron chi connectivity index (χ1n) is 9.20. The van der Waals surface area contributed by atoms with Crippen LogP contribution in [-0.2, 0) is 4.79 Å². The van der Waals surface area contributed by atoms with Gasteiger partial charge >= 0.3 is 0 Å². The van der Waals surface area contributed by atoms with Crippen molar-refractivity contribution in [1.82, 2.24) is 0 Å². The molecular formula is C19H37NO. The maximum absolute atomic E-state index is 10.6. The van der Waals surface area contributed by atoms with E-state index in [9.17, 15) is 4.79 Å². The van der Waals surface area contributed by atoms with Gasteiger partial charge in [-0.3, -0.25) is 4.79 Å². The number of unbranched alkanes of at least 4 members (excludes halogenated alkanes) is 12. The molecule has 0 spiro atoms. The highest BCUT2D eigenvalue weighted by atomic mass is 16.1. The molecule has 0 aromatic carbocycles. The fourth-order valence-electron chi connectivity index (χ4n) is 2.55. The number of hydrogen-bond acceptors (Lipinski definition) is 1. The van der Waals surface area contributed by atoms with E-state index in [1.807, 2.05) is 0 Å². The van der Waals surface area contributed by atoms with Gasteiger partial charge in [-0.2, -0.15) is 0 Å². The van der Waals surface area contributed by atoms with Gasteiger partial charge in [-0.15, -0.1) is 0 Å². The number of hydrogen-bond donors (Lipinski definition) is 1. The molecular weight excluding hydrogens is 258 g/mol. The van der Waals surface area contributed by atoms with Crippen molar-refractivity contribution in [3.05, 3.63) is 12.2 Å². The minimum atomic E-state index is -0.177. The Labute approximate surface area is 132 Å². The third-order valence-corrected chi connectivity index (χ3v) is 3.93. The van der Waals surface area contributed by atoms with Crippen LogP contribution >= 0.6 is 0 Å². The molecule has 0 aromatic rings. The Balaban J connectivity index is 3.06. The van der Waals surface area contributed by atoms with Gasteiger partial charge in [0.1, 0.15) is 0 Å². The topological polar surface area (TPSA) is 43.1 Å². The Bertz CT molecular complexity index is 248. The maximum atomic E-state index is 10.6. The molecule has 0 rings (SSSR count). The molecule has 0 unspecified atom stereocenters. The zero-order chi connectivity index (χ0) is 15.6. The second-order valence-corrected chi connectivity index (χ2v) is 6.15. The summed E-state index contributed by atoms with van der Waals surface area (Å²) in [7, 11) is 0. The first kappa shape index (κ1) is 20.2. The van der Waals surface area contributed by atoms with E-state index >= 15 is 0 Å². The molecule has 0 atom stereocenters. The van der Waals surface area contributed by atoms with Gasteiger partial charge in [0.25, 0.3) is 0 Å². The first-order valence-corrected chi connectivity index (χ1v) is 9.20. The lowest BCUT2D eigenvalue weighted by Crippen LogP contribution is -2.09. The SMILES string of the molecule is CCCCCCCCCCCCC=CCCCCC(N)=O. The van der Waals surface area contributed by atoms with Crippen LogP contribution in [0.25, 0.3) is 0 Å². The molecule has 0 radical (unpaired) electrons. The second kappa shape index (κ2) is 17.3. The van der Waals surface area contributed by atoms with Gasteiger partial charge in [-0.1, -0.05) is 76.9 Å². The van der Waals surface area contributed by atoms with Crippen LogP contribution in [0.1, 0.15) is 103 Å². The third kappa shape index (κ3) is 19.2. The van der Waals surface area contributed by atoms with E-state index in [0.29, 0.717) is 6.42 Å². The molecule has 0 bridgehead atoms. The van der Waals surface area contributed by atoms with Crippen LogP contribution in [0, 0.1) is 0 Å². The molecule has 2 nitrogen and oxygen atoms in total. The normalized spacial score (nSPS) is 11.3. The minimum Gasteiger partial charge on any atom is -0.370 e. The Morgan fingerprint density at radius 2 is 1.14 bits per heavy atom. The Morgan fingerprint density at radius 3 is 1.62 bits per heavy atom. The molecule has 0 heterocycles. The van der Waals surface area contributed by atoms with Gasteiger partial charge in [0.15, 0.2) is 0 Å². The molecule has 2 heteroatoms. The van der Waals surface area contributed by atoms with E-state index in [4.69, 9.17) is 5.73 Å². The second-order valence-electron chi connectivity index (χ2n) is 6.15. The van der Waals surface area contributed by atoms with E-state index in [2.05, 4.69) is 19.1 Å². The quantitative estimate of drug-likeness (QED) is 0.279. The van der Waals surface area contributed by atoms with E-state index in [-0.39, 0.29) is 5.91 Å². The highest BCUT2D eigenvalue weighted by Crippen LogP contribution is 2.11. The predicted molar refractivity (Wildman–Crippen MR) is 93.3 cm³/mol. The molecule has 0 aliphatic heterocycles.